The molecule has 4 N–H and O–H groups in total. The Labute approximate surface area is 118 Å². The molecule has 0 aliphatic carbocycles. The molecule has 6 heteroatoms. The number of hydrogen-bond acceptors (Lipinski definition) is 3. The van der Waals surface area contributed by atoms with E-state index in [1.165, 1.54) is 0 Å². The van der Waals surface area contributed by atoms with Crippen LogP contribution in [0.2, 0.25) is 0 Å². The Morgan fingerprint density at radius 3 is 2.30 bits per heavy atom. The van der Waals surface area contributed by atoms with Crippen molar-refractivity contribution in [2.45, 2.75) is 26.4 Å². The second-order valence-electron chi connectivity index (χ2n) is 4.80. The van der Waals surface area contributed by atoms with E-state index in [9.17, 15) is 9.59 Å². The van der Waals surface area contributed by atoms with Gasteiger partial charge in [0.1, 0.15) is 11.8 Å². The lowest BCUT2D eigenvalue weighted by atomic mass is 10.0. The van der Waals surface area contributed by atoms with Gasteiger partial charge in [-0.25, -0.2) is 4.79 Å². The van der Waals surface area contributed by atoms with Gasteiger partial charge in [-0.1, -0.05) is 26.0 Å². The first kappa shape index (κ1) is 15.8. The molecule has 0 saturated carbocycles. The molecule has 0 fully saturated rings. The Morgan fingerprint density at radius 1 is 1.25 bits per heavy atom. The number of ether oxygens (including phenoxy) is 1. The molecule has 3 amide bonds. The van der Waals surface area contributed by atoms with E-state index in [1.807, 2.05) is 38.1 Å². The van der Waals surface area contributed by atoms with Gasteiger partial charge in [-0.3, -0.25) is 4.79 Å². The summed E-state index contributed by atoms with van der Waals surface area (Å²) in [5.74, 6) is 0.462. The average Bonchev–Trinajstić information content (AvgIpc) is 2.42. The average molecular weight is 279 g/mol. The van der Waals surface area contributed by atoms with E-state index < -0.39 is 12.1 Å². The Bertz CT molecular complexity index is 457. The molecule has 110 valence electrons. The number of carbonyl (C=O) groups is 2. The molecular weight excluding hydrogens is 258 g/mol. The summed E-state index contributed by atoms with van der Waals surface area (Å²) >= 11 is 0. The lowest BCUT2D eigenvalue weighted by Gasteiger charge is -2.20. The normalized spacial score (nSPS) is 11.8. The Balaban J connectivity index is 2.57. The predicted molar refractivity (Wildman–Crippen MR) is 76.2 cm³/mol. The Kier molecular flexibility index (Phi) is 5.83. The number of methoxy groups -OCH3 is 1. The topological polar surface area (TPSA) is 93.4 Å². The van der Waals surface area contributed by atoms with Gasteiger partial charge in [0.05, 0.1) is 7.11 Å². The van der Waals surface area contributed by atoms with E-state index in [1.54, 1.807) is 7.11 Å². The number of rotatable bonds is 6. The van der Waals surface area contributed by atoms with Crippen LogP contribution in [-0.4, -0.2) is 25.1 Å². The van der Waals surface area contributed by atoms with Crippen molar-refractivity contribution in [1.29, 1.82) is 0 Å². The van der Waals surface area contributed by atoms with Gasteiger partial charge < -0.3 is 21.1 Å². The van der Waals surface area contributed by atoms with Crippen LogP contribution in [-0.2, 0) is 11.3 Å². The van der Waals surface area contributed by atoms with Crippen molar-refractivity contribution in [3.05, 3.63) is 29.8 Å². The minimum Gasteiger partial charge on any atom is -0.497 e. The third kappa shape index (κ3) is 4.79. The lowest BCUT2D eigenvalue weighted by Crippen LogP contribution is -2.51. The maximum atomic E-state index is 12.0. The number of benzene rings is 1. The minimum absolute atomic E-state index is 0.0432. The fourth-order valence-electron chi connectivity index (χ4n) is 1.73. The molecule has 1 aromatic carbocycles. The molecule has 0 heterocycles. The largest absolute Gasteiger partial charge is 0.497 e. The highest BCUT2D eigenvalue weighted by Crippen LogP contribution is 2.11. The zero-order valence-corrected chi connectivity index (χ0v) is 12.0. The highest BCUT2D eigenvalue weighted by Gasteiger charge is 2.22. The van der Waals surface area contributed by atoms with Crippen LogP contribution in [0.5, 0.6) is 5.75 Å². The van der Waals surface area contributed by atoms with E-state index in [2.05, 4.69) is 10.6 Å². The summed E-state index contributed by atoms with van der Waals surface area (Å²) < 4.78 is 5.06. The minimum atomic E-state index is -0.705. The van der Waals surface area contributed by atoms with Crippen LogP contribution in [0.15, 0.2) is 24.3 Å². The first-order valence-electron chi connectivity index (χ1n) is 6.40. The summed E-state index contributed by atoms with van der Waals surface area (Å²) in [6, 6.07) is 6.04. The number of primary amides is 1. The van der Waals surface area contributed by atoms with Gasteiger partial charge in [0, 0.05) is 6.54 Å². The smallest absolute Gasteiger partial charge is 0.312 e. The number of amides is 3. The van der Waals surface area contributed by atoms with Gasteiger partial charge in [0.15, 0.2) is 0 Å². The molecule has 0 aliphatic heterocycles. The standard InChI is InChI=1S/C14H21N3O3/c1-9(2)12(17-14(15)19)13(18)16-8-10-4-6-11(20-3)7-5-10/h4-7,9,12H,8H2,1-3H3,(H,16,18)(H3,15,17,19)/t12-/m1/s1. The Morgan fingerprint density at radius 2 is 1.85 bits per heavy atom. The van der Waals surface area contributed by atoms with Gasteiger partial charge in [0.25, 0.3) is 0 Å². The van der Waals surface area contributed by atoms with Crippen LogP contribution in [0.1, 0.15) is 19.4 Å². The molecule has 0 aliphatic rings. The van der Waals surface area contributed by atoms with Crippen molar-refractivity contribution < 1.29 is 14.3 Å². The number of nitrogens with two attached hydrogens (primary N) is 1. The maximum Gasteiger partial charge on any atom is 0.312 e. The number of nitrogens with one attached hydrogen (secondary N) is 2. The fourth-order valence-corrected chi connectivity index (χ4v) is 1.73. The molecular formula is C14H21N3O3. The Hall–Kier alpha value is -2.24. The molecule has 1 atom stereocenters. The highest BCUT2D eigenvalue weighted by atomic mass is 16.5. The van der Waals surface area contributed by atoms with Gasteiger partial charge in [-0.15, -0.1) is 0 Å². The van der Waals surface area contributed by atoms with Gasteiger partial charge in [-0.05, 0) is 23.6 Å². The molecule has 0 spiro atoms. The summed E-state index contributed by atoms with van der Waals surface area (Å²) in [4.78, 5) is 22.9. The van der Waals surface area contributed by atoms with E-state index in [4.69, 9.17) is 10.5 Å². The summed E-state index contributed by atoms with van der Waals surface area (Å²) in [7, 11) is 1.60. The number of urea groups is 1. The van der Waals surface area contributed by atoms with Crippen LogP contribution < -0.4 is 21.1 Å². The van der Waals surface area contributed by atoms with Gasteiger partial charge in [0.2, 0.25) is 5.91 Å². The zero-order valence-electron chi connectivity index (χ0n) is 12.0. The van der Waals surface area contributed by atoms with E-state index in [-0.39, 0.29) is 11.8 Å². The summed E-state index contributed by atoms with van der Waals surface area (Å²) in [6.07, 6.45) is 0. The molecule has 6 nitrogen and oxygen atoms in total. The van der Waals surface area contributed by atoms with Crippen LogP contribution in [0.4, 0.5) is 4.79 Å². The van der Waals surface area contributed by atoms with Gasteiger partial charge >= 0.3 is 6.03 Å². The van der Waals surface area contributed by atoms with E-state index in [0.29, 0.717) is 6.54 Å². The quantitative estimate of drug-likeness (QED) is 0.725. The third-order valence-corrected chi connectivity index (χ3v) is 2.87. The SMILES string of the molecule is COc1ccc(CNC(=O)[C@H](NC(N)=O)C(C)C)cc1. The third-order valence-electron chi connectivity index (χ3n) is 2.87. The first-order valence-corrected chi connectivity index (χ1v) is 6.40. The molecule has 0 bridgehead atoms. The van der Waals surface area contributed by atoms with Crippen LogP contribution in [0.25, 0.3) is 0 Å². The molecule has 0 unspecified atom stereocenters. The van der Waals surface area contributed by atoms with E-state index in [0.717, 1.165) is 11.3 Å². The maximum absolute atomic E-state index is 12.0. The second kappa shape index (κ2) is 7.37. The van der Waals surface area contributed by atoms with Crippen molar-refractivity contribution in [3.8, 4) is 5.75 Å². The number of carbonyl (C=O) groups excluding carboxylic acids is 2. The summed E-state index contributed by atoms with van der Waals surface area (Å²) in [6.45, 7) is 4.06. The first-order chi connectivity index (χ1) is 9.43. The molecule has 20 heavy (non-hydrogen) atoms. The fraction of sp³-hybridized carbons (Fsp3) is 0.429. The monoisotopic (exact) mass is 279 g/mol. The molecule has 0 saturated heterocycles. The van der Waals surface area contributed by atoms with Gasteiger partial charge in [-0.2, -0.15) is 0 Å². The number of hydrogen-bond donors (Lipinski definition) is 3. The van der Waals surface area contributed by atoms with Crippen LogP contribution in [0, 0.1) is 5.92 Å². The molecule has 1 aromatic rings. The van der Waals surface area contributed by atoms with Crippen molar-refractivity contribution >= 4 is 11.9 Å². The highest BCUT2D eigenvalue weighted by molar-refractivity contribution is 5.86. The zero-order chi connectivity index (χ0) is 15.1. The van der Waals surface area contributed by atoms with Crippen molar-refractivity contribution in [1.82, 2.24) is 10.6 Å². The molecule has 0 radical (unpaired) electrons. The van der Waals surface area contributed by atoms with Crippen molar-refractivity contribution in [3.63, 3.8) is 0 Å². The van der Waals surface area contributed by atoms with Crippen LogP contribution in [0.3, 0.4) is 0 Å². The van der Waals surface area contributed by atoms with E-state index >= 15 is 0 Å². The summed E-state index contributed by atoms with van der Waals surface area (Å²) in [5, 5.41) is 5.21. The predicted octanol–water partition coefficient (Wildman–Crippen LogP) is 1.00. The van der Waals surface area contributed by atoms with Crippen LogP contribution >= 0.6 is 0 Å². The summed E-state index contributed by atoms with van der Waals surface area (Å²) in [5.41, 5.74) is 6.01. The van der Waals surface area contributed by atoms with Crippen molar-refractivity contribution in [2.24, 2.45) is 11.7 Å². The second-order valence-corrected chi connectivity index (χ2v) is 4.80. The lowest BCUT2D eigenvalue weighted by molar-refractivity contribution is -0.124. The molecule has 0 aromatic heterocycles. The molecule has 1 rings (SSSR count). The van der Waals surface area contributed by atoms with Crippen molar-refractivity contribution in [2.75, 3.05) is 7.11 Å².